The fourth-order valence-corrected chi connectivity index (χ4v) is 4.53. The van der Waals surface area contributed by atoms with E-state index in [1.807, 2.05) is 43.7 Å². The molecule has 0 N–H and O–H groups in total. The molecule has 2 aliphatic rings. The van der Waals surface area contributed by atoms with Crippen molar-refractivity contribution in [3.05, 3.63) is 60.2 Å². The molecule has 3 aromatic heterocycles. The van der Waals surface area contributed by atoms with Gasteiger partial charge in [-0.1, -0.05) is 12.1 Å². The third-order valence-corrected chi connectivity index (χ3v) is 6.08. The molecule has 0 saturated carbocycles. The quantitative estimate of drug-likeness (QED) is 0.684. The summed E-state index contributed by atoms with van der Waals surface area (Å²) in [4.78, 5) is 28.4. The van der Waals surface area contributed by atoms with Crippen LogP contribution in [0.2, 0.25) is 0 Å². The van der Waals surface area contributed by atoms with Crippen LogP contribution in [-0.4, -0.2) is 63.3 Å². The first-order valence-corrected chi connectivity index (χ1v) is 10.3. The molecule has 1 amide bonds. The topological polar surface area (TPSA) is 57.0 Å². The van der Waals surface area contributed by atoms with Crippen LogP contribution >= 0.6 is 0 Å². The van der Waals surface area contributed by atoms with Gasteiger partial charge in [0, 0.05) is 39.1 Å². The van der Waals surface area contributed by atoms with Crippen LogP contribution in [-0.2, 0) is 11.3 Å². The zero-order valence-corrected chi connectivity index (χ0v) is 16.7. The SMILES string of the molecule is CN1CCN(c2c(CN3CCCC3c3ccccn3)nc3ccccn23)CC1=O. The Hall–Kier alpha value is -2.93. The predicted octanol–water partition coefficient (Wildman–Crippen LogP) is 2.34. The summed E-state index contributed by atoms with van der Waals surface area (Å²) in [6.45, 7) is 3.76. The molecule has 0 aromatic carbocycles. The molecule has 1 atom stereocenters. The number of pyridine rings is 2. The summed E-state index contributed by atoms with van der Waals surface area (Å²) in [7, 11) is 1.87. The summed E-state index contributed by atoms with van der Waals surface area (Å²) >= 11 is 0. The van der Waals surface area contributed by atoms with E-state index in [1.54, 1.807) is 4.90 Å². The van der Waals surface area contributed by atoms with Gasteiger partial charge in [-0.3, -0.25) is 19.1 Å². The van der Waals surface area contributed by atoms with Crippen molar-refractivity contribution in [2.24, 2.45) is 0 Å². The molecule has 150 valence electrons. The minimum absolute atomic E-state index is 0.153. The van der Waals surface area contributed by atoms with E-state index in [4.69, 9.17) is 4.98 Å². The van der Waals surface area contributed by atoms with Crippen LogP contribution in [0.15, 0.2) is 48.8 Å². The van der Waals surface area contributed by atoms with Crippen molar-refractivity contribution in [3.8, 4) is 0 Å². The maximum absolute atomic E-state index is 12.4. The van der Waals surface area contributed by atoms with Crippen molar-refractivity contribution in [2.75, 3.05) is 38.1 Å². The van der Waals surface area contributed by atoms with E-state index in [9.17, 15) is 4.79 Å². The predicted molar refractivity (Wildman–Crippen MR) is 112 cm³/mol. The lowest BCUT2D eigenvalue weighted by molar-refractivity contribution is -0.129. The highest BCUT2D eigenvalue weighted by Gasteiger charge is 2.31. The zero-order chi connectivity index (χ0) is 19.8. The maximum atomic E-state index is 12.4. The van der Waals surface area contributed by atoms with E-state index >= 15 is 0 Å². The number of hydrogen-bond acceptors (Lipinski definition) is 5. The molecule has 0 aliphatic carbocycles. The van der Waals surface area contributed by atoms with Gasteiger partial charge in [0.2, 0.25) is 5.91 Å². The zero-order valence-electron chi connectivity index (χ0n) is 16.7. The Labute approximate surface area is 170 Å². The molecule has 0 bridgehead atoms. The van der Waals surface area contributed by atoms with Crippen LogP contribution in [0.1, 0.15) is 30.3 Å². The van der Waals surface area contributed by atoms with Gasteiger partial charge in [0.25, 0.3) is 0 Å². The van der Waals surface area contributed by atoms with E-state index in [0.717, 1.165) is 61.9 Å². The summed E-state index contributed by atoms with van der Waals surface area (Å²) in [5, 5.41) is 0. The lowest BCUT2D eigenvalue weighted by Gasteiger charge is -2.34. The smallest absolute Gasteiger partial charge is 0.241 e. The fourth-order valence-electron chi connectivity index (χ4n) is 4.53. The van der Waals surface area contributed by atoms with Crippen LogP contribution in [0.25, 0.3) is 5.65 Å². The number of imidazole rings is 1. The number of anilines is 1. The van der Waals surface area contributed by atoms with Gasteiger partial charge in [-0.15, -0.1) is 0 Å². The molecule has 0 radical (unpaired) electrons. The number of nitrogens with zero attached hydrogens (tertiary/aromatic N) is 6. The number of fused-ring (bicyclic) bond motifs is 1. The molecular formula is C22H26N6O. The van der Waals surface area contributed by atoms with Gasteiger partial charge in [-0.2, -0.15) is 0 Å². The van der Waals surface area contributed by atoms with Crippen LogP contribution in [0.3, 0.4) is 0 Å². The molecule has 0 spiro atoms. The van der Waals surface area contributed by atoms with Gasteiger partial charge in [-0.25, -0.2) is 4.98 Å². The standard InChI is InChI=1S/C22H26N6O/c1-25-13-14-27(16-21(25)29)22-18(24-20-9-3-5-12-28(20)22)15-26-11-6-8-19(26)17-7-2-4-10-23-17/h2-5,7,9-10,12,19H,6,8,11,13-16H2,1H3. The van der Waals surface area contributed by atoms with Gasteiger partial charge in [0.15, 0.2) is 0 Å². The third kappa shape index (κ3) is 3.35. The monoisotopic (exact) mass is 390 g/mol. The van der Waals surface area contributed by atoms with Gasteiger partial charge >= 0.3 is 0 Å². The van der Waals surface area contributed by atoms with Crippen molar-refractivity contribution >= 4 is 17.4 Å². The van der Waals surface area contributed by atoms with Crippen molar-refractivity contribution in [2.45, 2.75) is 25.4 Å². The van der Waals surface area contributed by atoms with Crippen LogP contribution < -0.4 is 4.90 Å². The molecule has 1 unspecified atom stereocenters. The van der Waals surface area contributed by atoms with E-state index < -0.39 is 0 Å². The largest absolute Gasteiger partial charge is 0.345 e. The second-order valence-corrected chi connectivity index (χ2v) is 7.93. The molecule has 7 nitrogen and oxygen atoms in total. The number of carbonyl (C=O) groups excluding carboxylic acids is 1. The Balaban J connectivity index is 1.49. The Kier molecular flexibility index (Phi) is 4.67. The fraction of sp³-hybridized carbons (Fsp3) is 0.409. The van der Waals surface area contributed by atoms with Gasteiger partial charge in [-0.05, 0) is 43.7 Å². The number of amides is 1. The number of carbonyl (C=O) groups is 1. The number of likely N-dealkylation sites (N-methyl/N-ethyl adjacent to an activating group) is 1. The average Bonchev–Trinajstić information content (AvgIpc) is 3.35. The molecule has 7 heteroatoms. The lowest BCUT2D eigenvalue weighted by atomic mass is 10.1. The van der Waals surface area contributed by atoms with Gasteiger partial charge in [0.1, 0.15) is 11.5 Å². The van der Waals surface area contributed by atoms with E-state index in [-0.39, 0.29) is 5.91 Å². The van der Waals surface area contributed by atoms with Crippen LogP contribution in [0.4, 0.5) is 5.82 Å². The summed E-state index contributed by atoms with van der Waals surface area (Å²) < 4.78 is 2.12. The number of rotatable bonds is 4. The van der Waals surface area contributed by atoms with E-state index in [2.05, 4.69) is 31.3 Å². The number of likely N-dealkylation sites (tertiary alicyclic amines) is 1. The highest BCUT2D eigenvalue weighted by Crippen LogP contribution is 2.34. The lowest BCUT2D eigenvalue weighted by Crippen LogP contribution is -2.49. The molecule has 3 aromatic rings. The number of piperazine rings is 1. The van der Waals surface area contributed by atoms with Crippen LogP contribution in [0.5, 0.6) is 0 Å². The molecule has 29 heavy (non-hydrogen) atoms. The minimum Gasteiger partial charge on any atom is -0.345 e. The molecule has 2 saturated heterocycles. The maximum Gasteiger partial charge on any atom is 0.241 e. The molecule has 5 heterocycles. The summed E-state index contributed by atoms with van der Waals surface area (Å²) in [6, 6.07) is 12.5. The highest BCUT2D eigenvalue weighted by molar-refractivity contribution is 5.82. The van der Waals surface area contributed by atoms with Gasteiger partial charge in [0.05, 0.1) is 24.0 Å². The first-order valence-electron chi connectivity index (χ1n) is 10.3. The van der Waals surface area contributed by atoms with Crippen molar-refractivity contribution in [3.63, 3.8) is 0 Å². The second kappa shape index (κ2) is 7.48. The first kappa shape index (κ1) is 18.1. The molecule has 5 rings (SSSR count). The molecule has 2 aliphatic heterocycles. The highest BCUT2D eigenvalue weighted by atomic mass is 16.2. The van der Waals surface area contributed by atoms with E-state index in [0.29, 0.717) is 12.6 Å². The number of aromatic nitrogens is 3. The first-order chi connectivity index (χ1) is 14.2. The normalized spacial score (nSPS) is 20.7. The Morgan fingerprint density at radius 2 is 2.00 bits per heavy atom. The van der Waals surface area contributed by atoms with Crippen molar-refractivity contribution in [1.29, 1.82) is 0 Å². The van der Waals surface area contributed by atoms with E-state index in [1.165, 1.54) is 0 Å². The Morgan fingerprint density at radius 1 is 1.10 bits per heavy atom. The Morgan fingerprint density at radius 3 is 2.83 bits per heavy atom. The average molecular weight is 390 g/mol. The third-order valence-electron chi connectivity index (χ3n) is 6.08. The van der Waals surface area contributed by atoms with Gasteiger partial charge < -0.3 is 9.80 Å². The van der Waals surface area contributed by atoms with Crippen molar-refractivity contribution in [1.82, 2.24) is 24.2 Å². The summed E-state index contributed by atoms with van der Waals surface area (Å²) in [5.41, 5.74) is 3.10. The van der Waals surface area contributed by atoms with Crippen LogP contribution in [0, 0.1) is 0 Å². The summed E-state index contributed by atoms with van der Waals surface area (Å²) in [6.07, 6.45) is 6.20. The summed E-state index contributed by atoms with van der Waals surface area (Å²) in [5.74, 6) is 1.20. The van der Waals surface area contributed by atoms with Crippen molar-refractivity contribution < 1.29 is 4.79 Å². The minimum atomic E-state index is 0.153. The second-order valence-electron chi connectivity index (χ2n) is 7.93. The molecular weight excluding hydrogens is 364 g/mol. The number of hydrogen-bond donors (Lipinski definition) is 0. The Bertz CT molecular complexity index is 1020. The molecule has 2 fully saturated rings.